The molecular formula is C12H15NOS. The second-order valence-electron chi connectivity index (χ2n) is 4.47. The van der Waals surface area contributed by atoms with E-state index in [9.17, 15) is 4.79 Å². The summed E-state index contributed by atoms with van der Waals surface area (Å²) in [6, 6.07) is 2.45. The van der Waals surface area contributed by atoms with Crippen LogP contribution in [-0.2, 0) is 6.42 Å². The molecule has 3 heteroatoms. The lowest BCUT2D eigenvalue weighted by molar-refractivity contribution is 0.0876. The fourth-order valence-corrected chi connectivity index (χ4v) is 3.71. The van der Waals surface area contributed by atoms with Gasteiger partial charge in [0.15, 0.2) is 5.78 Å². The van der Waals surface area contributed by atoms with Crippen molar-refractivity contribution < 1.29 is 4.79 Å². The molecule has 1 saturated heterocycles. The minimum Gasteiger partial charge on any atom is -0.313 e. The molecule has 0 aromatic carbocycles. The van der Waals surface area contributed by atoms with E-state index in [1.165, 1.54) is 17.7 Å². The molecular weight excluding hydrogens is 206 g/mol. The number of nitrogens with one attached hydrogen (secondary N) is 1. The van der Waals surface area contributed by atoms with Crippen LogP contribution < -0.4 is 5.32 Å². The normalized spacial score (nSPS) is 30.5. The summed E-state index contributed by atoms with van der Waals surface area (Å²) in [5, 5.41) is 5.51. The van der Waals surface area contributed by atoms with Crippen molar-refractivity contribution in [2.75, 3.05) is 6.54 Å². The zero-order valence-electron chi connectivity index (χ0n) is 8.66. The summed E-state index contributed by atoms with van der Waals surface area (Å²) >= 11 is 1.73. The second-order valence-corrected chi connectivity index (χ2v) is 5.47. The summed E-state index contributed by atoms with van der Waals surface area (Å²) in [6.45, 7) is 1.09. The lowest BCUT2D eigenvalue weighted by atomic mass is 9.82. The van der Waals surface area contributed by atoms with Crippen LogP contribution in [0.25, 0.3) is 0 Å². The van der Waals surface area contributed by atoms with Crippen molar-refractivity contribution in [1.82, 2.24) is 5.32 Å². The van der Waals surface area contributed by atoms with E-state index in [1.807, 2.05) is 11.4 Å². The zero-order chi connectivity index (χ0) is 10.3. The maximum absolute atomic E-state index is 12.2. The Bertz CT molecular complexity index is 379. The van der Waals surface area contributed by atoms with Crippen LogP contribution in [0.5, 0.6) is 0 Å². The van der Waals surface area contributed by atoms with Crippen molar-refractivity contribution in [2.24, 2.45) is 5.92 Å². The van der Waals surface area contributed by atoms with Gasteiger partial charge in [-0.05, 0) is 43.7 Å². The first-order valence-electron chi connectivity index (χ1n) is 5.70. The topological polar surface area (TPSA) is 29.1 Å². The van der Waals surface area contributed by atoms with Crippen molar-refractivity contribution >= 4 is 17.1 Å². The largest absolute Gasteiger partial charge is 0.313 e. The zero-order valence-corrected chi connectivity index (χ0v) is 9.48. The SMILES string of the molecule is O=C1c2ccsc2CCC1C1CCCN1. The van der Waals surface area contributed by atoms with Gasteiger partial charge in [-0.25, -0.2) is 0 Å². The van der Waals surface area contributed by atoms with Gasteiger partial charge in [-0.1, -0.05) is 0 Å². The van der Waals surface area contributed by atoms with Crippen molar-refractivity contribution in [1.29, 1.82) is 0 Å². The fourth-order valence-electron chi connectivity index (χ4n) is 2.81. The molecule has 0 radical (unpaired) electrons. The molecule has 80 valence electrons. The van der Waals surface area contributed by atoms with Gasteiger partial charge in [-0.3, -0.25) is 4.79 Å². The maximum Gasteiger partial charge on any atom is 0.168 e. The maximum atomic E-state index is 12.2. The molecule has 1 N–H and O–H groups in total. The molecule has 2 atom stereocenters. The first-order chi connectivity index (χ1) is 7.36. The van der Waals surface area contributed by atoms with E-state index < -0.39 is 0 Å². The monoisotopic (exact) mass is 221 g/mol. The standard InChI is InChI=1S/C12H15NOS/c14-12-8(10-2-1-6-13-10)3-4-11-9(12)5-7-15-11/h5,7-8,10,13H,1-4,6H2. The van der Waals surface area contributed by atoms with Crippen molar-refractivity contribution in [3.63, 3.8) is 0 Å². The van der Waals surface area contributed by atoms with Crippen LogP contribution in [0.3, 0.4) is 0 Å². The number of aryl methyl sites for hydroxylation is 1. The van der Waals surface area contributed by atoms with Gasteiger partial charge in [0.1, 0.15) is 0 Å². The summed E-state index contributed by atoms with van der Waals surface area (Å²) in [4.78, 5) is 13.5. The molecule has 1 aliphatic heterocycles. The fraction of sp³-hybridized carbons (Fsp3) is 0.583. The average molecular weight is 221 g/mol. The summed E-state index contributed by atoms with van der Waals surface area (Å²) in [5.41, 5.74) is 1.00. The Labute approximate surface area is 93.7 Å². The third-order valence-electron chi connectivity index (χ3n) is 3.61. The number of hydrogen-bond donors (Lipinski definition) is 1. The highest BCUT2D eigenvalue weighted by Crippen LogP contribution is 2.33. The van der Waals surface area contributed by atoms with Crippen LogP contribution in [0.1, 0.15) is 34.5 Å². The number of carbonyl (C=O) groups excluding carboxylic acids is 1. The van der Waals surface area contributed by atoms with Gasteiger partial charge in [0, 0.05) is 22.4 Å². The minimum atomic E-state index is 0.245. The molecule has 15 heavy (non-hydrogen) atoms. The minimum absolute atomic E-state index is 0.245. The Morgan fingerprint density at radius 2 is 2.33 bits per heavy atom. The lowest BCUT2D eigenvalue weighted by Gasteiger charge is -2.26. The number of ketones is 1. The molecule has 1 aliphatic carbocycles. The first-order valence-corrected chi connectivity index (χ1v) is 6.58. The van der Waals surface area contributed by atoms with Crippen LogP contribution in [0, 0.1) is 5.92 Å². The molecule has 2 unspecified atom stereocenters. The Morgan fingerprint density at radius 1 is 1.40 bits per heavy atom. The summed E-state index contributed by atoms with van der Waals surface area (Å²) in [7, 11) is 0. The molecule has 3 rings (SSSR count). The number of fused-ring (bicyclic) bond motifs is 1. The van der Waals surface area contributed by atoms with E-state index in [2.05, 4.69) is 5.32 Å². The highest BCUT2D eigenvalue weighted by atomic mass is 32.1. The predicted molar refractivity (Wildman–Crippen MR) is 61.5 cm³/mol. The van der Waals surface area contributed by atoms with Crippen LogP contribution in [0.4, 0.5) is 0 Å². The van der Waals surface area contributed by atoms with Gasteiger partial charge in [0.05, 0.1) is 0 Å². The third-order valence-corrected chi connectivity index (χ3v) is 4.59. The predicted octanol–water partition coefficient (Wildman–Crippen LogP) is 2.25. The highest BCUT2D eigenvalue weighted by Gasteiger charge is 2.35. The van der Waals surface area contributed by atoms with Gasteiger partial charge in [-0.2, -0.15) is 0 Å². The third kappa shape index (κ3) is 1.54. The van der Waals surface area contributed by atoms with E-state index in [-0.39, 0.29) is 5.92 Å². The number of rotatable bonds is 1. The smallest absolute Gasteiger partial charge is 0.168 e. The van der Waals surface area contributed by atoms with Crippen LogP contribution in [0.2, 0.25) is 0 Å². The second kappa shape index (κ2) is 3.72. The number of hydrogen-bond acceptors (Lipinski definition) is 3. The van der Waals surface area contributed by atoms with Gasteiger partial charge >= 0.3 is 0 Å². The number of carbonyl (C=O) groups is 1. The molecule has 0 spiro atoms. The summed E-state index contributed by atoms with van der Waals surface area (Å²) in [5.74, 6) is 0.631. The Kier molecular flexibility index (Phi) is 2.37. The van der Waals surface area contributed by atoms with Crippen molar-refractivity contribution in [3.05, 3.63) is 21.9 Å². The van der Waals surface area contributed by atoms with E-state index in [4.69, 9.17) is 0 Å². The van der Waals surface area contributed by atoms with E-state index in [1.54, 1.807) is 11.3 Å². The molecule has 0 bridgehead atoms. The Hall–Kier alpha value is -0.670. The van der Waals surface area contributed by atoms with E-state index in [0.717, 1.165) is 24.9 Å². The molecule has 1 fully saturated rings. The van der Waals surface area contributed by atoms with Crippen LogP contribution in [-0.4, -0.2) is 18.4 Å². The van der Waals surface area contributed by atoms with Gasteiger partial charge in [0.2, 0.25) is 0 Å². The molecule has 0 saturated carbocycles. The molecule has 2 nitrogen and oxygen atoms in total. The van der Waals surface area contributed by atoms with Crippen LogP contribution in [0.15, 0.2) is 11.4 Å². The lowest BCUT2D eigenvalue weighted by Crippen LogP contribution is -2.37. The van der Waals surface area contributed by atoms with Crippen LogP contribution >= 0.6 is 11.3 Å². The molecule has 2 aliphatic rings. The van der Waals surface area contributed by atoms with Gasteiger partial charge < -0.3 is 5.32 Å². The van der Waals surface area contributed by atoms with Crippen molar-refractivity contribution in [2.45, 2.75) is 31.7 Å². The number of thiophene rings is 1. The Balaban J connectivity index is 1.86. The quantitative estimate of drug-likeness (QED) is 0.788. The first kappa shape index (κ1) is 9.55. The summed E-state index contributed by atoms with van der Waals surface area (Å²) < 4.78 is 0. The van der Waals surface area contributed by atoms with Crippen molar-refractivity contribution in [3.8, 4) is 0 Å². The van der Waals surface area contributed by atoms with E-state index >= 15 is 0 Å². The summed E-state index contributed by atoms with van der Waals surface area (Å²) in [6.07, 6.45) is 4.55. The molecule has 1 aromatic heterocycles. The highest BCUT2D eigenvalue weighted by molar-refractivity contribution is 7.10. The molecule has 1 aromatic rings. The molecule has 2 heterocycles. The van der Waals surface area contributed by atoms with Gasteiger partial charge in [0.25, 0.3) is 0 Å². The average Bonchev–Trinajstić information content (AvgIpc) is 2.87. The molecule has 0 amide bonds. The Morgan fingerprint density at radius 3 is 3.13 bits per heavy atom. The van der Waals surface area contributed by atoms with E-state index in [0.29, 0.717) is 11.8 Å². The van der Waals surface area contributed by atoms with Gasteiger partial charge in [-0.15, -0.1) is 11.3 Å². The number of Topliss-reactive ketones (excluding diaryl/α,β-unsaturated/α-hetero) is 1.